The molecule has 0 saturated heterocycles. The zero-order valence-corrected chi connectivity index (χ0v) is 7.86. The van der Waals surface area contributed by atoms with Crippen molar-refractivity contribution in [3.05, 3.63) is 41.5 Å². The van der Waals surface area contributed by atoms with E-state index in [1.807, 2.05) is 24.3 Å². The Hall–Kier alpha value is -1.57. The lowest BCUT2D eigenvalue weighted by atomic mass is 9.91. The summed E-state index contributed by atoms with van der Waals surface area (Å²) in [6.45, 7) is 0. The third kappa shape index (κ3) is 1.84. The molecule has 0 fully saturated rings. The van der Waals surface area contributed by atoms with E-state index in [-0.39, 0.29) is 6.42 Å². The fourth-order valence-electron chi connectivity index (χ4n) is 1.56. The molecule has 72 valence electrons. The van der Waals surface area contributed by atoms with Crippen LogP contribution in [0.1, 0.15) is 24.0 Å². The number of hydrogen-bond acceptors (Lipinski definition) is 1. The quantitative estimate of drug-likeness (QED) is 0.791. The van der Waals surface area contributed by atoms with Gasteiger partial charge in [-0.05, 0) is 29.5 Å². The molecular weight excluding hydrogens is 176 g/mol. The second-order valence-corrected chi connectivity index (χ2v) is 3.54. The summed E-state index contributed by atoms with van der Waals surface area (Å²) in [5.74, 6) is -0.777. The van der Waals surface area contributed by atoms with E-state index in [9.17, 15) is 4.79 Å². The highest BCUT2D eigenvalue weighted by Crippen LogP contribution is 2.28. The fraction of sp³-hybridized carbons (Fsp3) is 0.250. The number of allylic oxidation sites excluding steroid dienone is 2. The molecule has 0 amide bonds. The molecule has 0 aliphatic heterocycles. The van der Waals surface area contributed by atoms with Crippen molar-refractivity contribution in [3.63, 3.8) is 0 Å². The third-order valence-corrected chi connectivity index (χ3v) is 2.48. The molecule has 0 aromatic heterocycles. The molecule has 0 saturated carbocycles. The Labute approximate surface area is 82.9 Å². The van der Waals surface area contributed by atoms with Gasteiger partial charge in [0.05, 0.1) is 6.42 Å². The van der Waals surface area contributed by atoms with E-state index in [4.69, 9.17) is 5.11 Å². The Morgan fingerprint density at radius 1 is 1.29 bits per heavy atom. The summed E-state index contributed by atoms with van der Waals surface area (Å²) in [7, 11) is 0. The Morgan fingerprint density at radius 2 is 1.93 bits per heavy atom. The predicted molar refractivity (Wildman–Crippen MR) is 55.0 cm³/mol. The number of hydrogen-bond donors (Lipinski definition) is 1. The number of carbonyl (C=O) groups is 1. The van der Waals surface area contributed by atoms with Gasteiger partial charge in [-0.2, -0.15) is 0 Å². The zero-order chi connectivity index (χ0) is 9.97. The van der Waals surface area contributed by atoms with E-state index in [0.29, 0.717) is 0 Å². The van der Waals surface area contributed by atoms with E-state index in [2.05, 4.69) is 6.08 Å². The van der Waals surface area contributed by atoms with E-state index in [1.54, 1.807) is 0 Å². The second-order valence-electron chi connectivity index (χ2n) is 3.54. The lowest BCUT2D eigenvalue weighted by molar-refractivity contribution is -0.136. The molecule has 0 spiro atoms. The van der Waals surface area contributed by atoms with Gasteiger partial charge in [-0.3, -0.25) is 4.79 Å². The van der Waals surface area contributed by atoms with Crippen molar-refractivity contribution in [1.29, 1.82) is 0 Å². The highest BCUT2D eigenvalue weighted by atomic mass is 16.4. The minimum Gasteiger partial charge on any atom is -0.481 e. The summed E-state index contributed by atoms with van der Waals surface area (Å²) in [5.41, 5.74) is 3.47. The fourth-order valence-corrected chi connectivity index (χ4v) is 1.56. The van der Waals surface area contributed by atoms with Gasteiger partial charge in [0.2, 0.25) is 0 Å². The second kappa shape index (κ2) is 3.66. The van der Waals surface area contributed by atoms with E-state index in [1.165, 1.54) is 17.6 Å². The highest BCUT2D eigenvalue weighted by Gasteiger charge is 2.08. The maximum absolute atomic E-state index is 10.4. The van der Waals surface area contributed by atoms with Gasteiger partial charge in [0.1, 0.15) is 0 Å². The SMILES string of the molecule is O=C(O)Cc1ccc(C2=CCC2)cc1. The molecule has 2 heteroatoms. The van der Waals surface area contributed by atoms with Crippen LogP contribution in [-0.4, -0.2) is 11.1 Å². The minimum absolute atomic E-state index is 0.110. The van der Waals surface area contributed by atoms with Crippen molar-refractivity contribution in [2.45, 2.75) is 19.3 Å². The molecule has 1 aromatic rings. The van der Waals surface area contributed by atoms with Crippen LogP contribution >= 0.6 is 0 Å². The van der Waals surface area contributed by atoms with Gasteiger partial charge in [-0.15, -0.1) is 0 Å². The molecule has 0 atom stereocenters. The van der Waals surface area contributed by atoms with Gasteiger partial charge in [0.15, 0.2) is 0 Å². The maximum Gasteiger partial charge on any atom is 0.307 e. The number of aliphatic carboxylic acids is 1. The summed E-state index contributed by atoms with van der Waals surface area (Å²) in [5, 5.41) is 8.59. The van der Waals surface area contributed by atoms with Gasteiger partial charge >= 0.3 is 5.97 Å². The van der Waals surface area contributed by atoms with Crippen LogP contribution in [0.3, 0.4) is 0 Å². The van der Waals surface area contributed by atoms with Crippen LogP contribution in [0.15, 0.2) is 30.3 Å². The summed E-state index contributed by atoms with van der Waals surface area (Å²) in [4.78, 5) is 10.4. The maximum atomic E-state index is 10.4. The minimum atomic E-state index is -0.777. The summed E-state index contributed by atoms with van der Waals surface area (Å²) >= 11 is 0. The topological polar surface area (TPSA) is 37.3 Å². The molecule has 1 aromatic carbocycles. The Kier molecular flexibility index (Phi) is 2.35. The average molecular weight is 188 g/mol. The Bertz CT molecular complexity index is 374. The molecule has 2 rings (SSSR count). The molecular formula is C12H12O2. The van der Waals surface area contributed by atoms with Crippen LogP contribution in [0.25, 0.3) is 5.57 Å². The Balaban J connectivity index is 2.13. The first-order valence-electron chi connectivity index (χ1n) is 4.76. The lowest BCUT2D eigenvalue weighted by Crippen LogP contribution is -2.00. The van der Waals surface area contributed by atoms with Crippen molar-refractivity contribution in [3.8, 4) is 0 Å². The van der Waals surface area contributed by atoms with Gasteiger partial charge < -0.3 is 5.11 Å². The zero-order valence-electron chi connectivity index (χ0n) is 7.86. The van der Waals surface area contributed by atoms with Gasteiger partial charge in [0, 0.05) is 0 Å². The first kappa shape index (κ1) is 9.00. The van der Waals surface area contributed by atoms with E-state index < -0.39 is 5.97 Å². The smallest absolute Gasteiger partial charge is 0.307 e. The molecule has 1 N–H and O–H groups in total. The molecule has 0 bridgehead atoms. The first-order chi connectivity index (χ1) is 6.75. The van der Waals surface area contributed by atoms with Gasteiger partial charge in [-0.1, -0.05) is 30.3 Å². The Morgan fingerprint density at radius 3 is 2.36 bits per heavy atom. The van der Waals surface area contributed by atoms with Crippen LogP contribution in [0.5, 0.6) is 0 Å². The molecule has 0 unspecified atom stereocenters. The normalized spacial score (nSPS) is 14.4. The molecule has 1 aliphatic rings. The van der Waals surface area contributed by atoms with Gasteiger partial charge in [0.25, 0.3) is 0 Å². The predicted octanol–water partition coefficient (Wildman–Crippen LogP) is 2.49. The number of carboxylic acid groups (broad SMARTS) is 1. The average Bonchev–Trinajstić information content (AvgIpc) is 2.04. The third-order valence-electron chi connectivity index (χ3n) is 2.48. The molecule has 0 radical (unpaired) electrons. The van der Waals surface area contributed by atoms with Crippen LogP contribution < -0.4 is 0 Å². The van der Waals surface area contributed by atoms with E-state index >= 15 is 0 Å². The molecule has 14 heavy (non-hydrogen) atoms. The van der Waals surface area contributed by atoms with E-state index in [0.717, 1.165) is 12.0 Å². The highest BCUT2D eigenvalue weighted by molar-refractivity contribution is 5.72. The standard InChI is InChI=1S/C12H12O2/c13-12(14)8-9-4-6-11(7-5-9)10-2-1-3-10/h2,4-7H,1,3,8H2,(H,13,14). The van der Waals surface area contributed by atoms with Crippen molar-refractivity contribution in [2.24, 2.45) is 0 Å². The monoisotopic (exact) mass is 188 g/mol. The summed E-state index contributed by atoms with van der Waals surface area (Å²) in [6, 6.07) is 7.79. The van der Waals surface area contributed by atoms with Crippen LogP contribution in [0, 0.1) is 0 Å². The van der Waals surface area contributed by atoms with Crippen molar-refractivity contribution in [1.82, 2.24) is 0 Å². The van der Waals surface area contributed by atoms with Crippen molar-refractivity contribution >= 4 is 11.5 Å². The first-order valence-corrected chi connectivity index (χ1v) is 4.76. The van der Waals surface area contributed by atoms with Crippen LogP contribution in [0.4, 0.5) is 0 Å². The van der Waals surface area contributed by atoms with Crippen molar-refractivity contribution in [2.75, 3.05) is 0 Å². The lowest BCUT2D eigenvalue weighted by Gasteiger charge is -2.14. The van der Waals surface area contributed by atoms with Crippen LogP contribution in [-0.2, 0) is 11.2 Å². The van der Waals surface area contributed by atoms with Crippen LogP contribution in [0.2, 0.25) is 0 Å². The number of carboxylic acids is 1. The summed E-state index contributed by atoms with van der Waals surface area (Å²) in [6.07, 6.45) is 4.65. The van der Waals surface area contributed by atoms with Crippen molar-refractivity contribution < 1.29 is 9.90 Å². The number of benzene rings is 1. The number of rotatable bonds is 3. The molecule has 2 nitrogen and oxygen atoms in total. The molecule has 1 aliphatic carbocycles. The van der Waals surface area contributed by atoms with Gasteiger partial charge in [-0.25, -0.2) is 0 Å². The molecule has 0 heterocycles. The largest absolute Gasteiger partial charge is 0.481 e. The summed E-state index contributed by atoms with van der Waals surface area (Å²) < 4.78 is 0.